The summed E-state index contributed by atoms with van der Waals surface area (Å²) in [6.45, 7) is 2.23. The molecule has 0 bridgehead atoms. The van der Waals surface area contributed by atoms with Crippen LogP contribution in [0.15, 0.2) is 11.6 Å². The topological polar surface area (TPSA) is 37.3 Å². The fourth-order valence-corrected chi connectivity index (χ4v) is 6.43. The van der Waals surface area contributed by atoms with Crippen molar-refractivity contribution in [3.05, 3.63) is 11.6 Å². The molecule has 0 aromatic rings. The zero-order valence-corrected chi connectivity index (χ0v) is 13.5. The molecule has 2 nitrogen and oxygen atoms in total. The van der Waals surface area contributed by atoms with Gasteiger partial charge in [-0.2, -0.15) is 0 Å². The molecule has 0 amide bonds. The van der Waals surface area contributed by atoms with Gasteiger partial charge < -0.3 is 5.11 Å². The van der Waals surface area contributed by atoms with Crippen molar-refractivity contribution in [1.29, 1.82) is 0 Å². The summed E-state index contributed by atoms with van der Waals surface area (Å²) in [5, 5.41) is 10.9. The van der Waals surface area contributed by atoms with E-state index in [9.17, 15) is 9.90 Å². The predicted octanol–water partition coefficient (Wildman–Crippen LogP) is 3.49. The van der Waals surface area contributed by atoms with Gasteiger partial charge in [-0.25, -0.2) is 0 Å². The highest BCUT2D eigenvalue weighted by Gasteiger charge is 2.61. The number of ketones is 1. The summed E-state index contributed by atoms with van der Waals surface area (Å²) in [4.78, 5) is 11.7. The van der Waals surface area contributed by atoms with E-state index in [4.69, 9.17) is 6.42 Å². The number of carbonyl (C=O) groups excluding carboxylic acids is 1. The number of aliphatic hydroxyl groups is 1. The van der Waals surface area contributed by atoms with Gasteiger partial charge in [-0.3, -0.25) is 4.79 Å². The first-order chi connectivity index (χ1) is 10.5. The molecule has 3 saturated carbocycles. The molecule has 0 aliphatic heterocycles. The molecule has 0 aromatic carbocycles. The van der Waals surface area contributed by atoms with Crippen LogP contribution in [-0.2, 0) is 4.79 Å². The lowest BCUT2D eigenvalue weighted by atomic mass is 9.50. The zero-order chi connectivity index (χ0) is 15.5. The van der Waals surface area contributed by atoms with Gasteiger partial charge in [0.05, 0.1) is 0 Å². The summed E-state index contributed by atoms with van der Waals surface area (Å²) in [7, 11) is 0. The van der Waals surface area contributed by atoms with Crippen molar-refractivity contribution in [1.82, 2.24) is 0 Å². The van der Waals surface area contributed by atoms with E-state index in [1.54, 1.807) is 0 Å². The van der Waals surface area contributed by atoms with Crippen LogP contribution in [0.4, 0.5) is 0 Å². The Morgan fingerprint density at radius 2 is 2.00 bits per heavy atom. The summed E-state index contributed by atoms with van der Waals surface area (Å²) in [6, 6.07) is 0. The highest BCUT2D eigenvalue weighted by atomic mass is 16.3. The predicted molar refractivity (Wildman–Crippen MR) is 85.9 cm³/mol. The molecule has 0 radical (unpaired) electrons. The quantitative estimate of drug-likeness (QED) is 0.695. The van der Waals surface area contributed by atoms with Gasteiger partial charge in [0.25, 0.3) is 0 Å². The molecule has 0 saturated heterocycles. The van der Waals surface area contributed by atoms with Crippen LogP contribution in [-0.4, -0.2) is 16.5 Å². The molecule has 2 heteroatoms. The van der Waals surface area contributed by atoms with E-state index in [-0.39, 0.29) is 5.41 Å². The van der Waals surface area contributed by atoms with Crippen LogP contribution in [0.2, 0.25) is 0 Å². The Bertz CT molecular complexity index is 583. The Morgan fingerprint density at radius 1 is 1.18 bits per heavy atom. The van der Waals surface area contributed by atoms with Crippen LogP contribution in [0.25, 0.3) is 0 Å². The molecular formula is C20H26O2. The van der Waals surface area contributed by atoms with Gasteiger partial charge >= 0.3 is 0 Å². The van der Waals surface area contributed by atoms with Crippen LogP contribution < -0.4 is 0 Å². The molecule has 0 heterocycles. The Hall–Kier alpha value is -1.07. The van der Waals surface area contributed by atoms with Crippen molar-refractivity contribution in [3.63, 3.8) is 0 Å². The van der Waals surface area contributed by atoms with Crippen molar-refractivity contribution in [2.24, 2.45) is 29.1 Å². The molecule has 0 aromatic heterocycles. The first kappa shape index (κ1) is 14.5. The normalized spacial score (nSPS) is 50.4. The number of allylic oxidation sites excluding steroid dienone is 1. The Kier molecular flexibility index (Phi) is 3.11. The Morgan fingerprint density at radius 3 is 2.77 bits per heavy atom. The maximum absolute atomic E-state index is 11.7. The van der Waals surface area contributed by atoms with Crippen molar-refractivity contribution in [2.75, 3.05) is 0 Å². The first-order valence-electron chi connectivity index (χ1n) is 8.92. The second-order valence-corrected chi connectivity index (χ2v) is 8.30. The lowest BCUT2D eigenvalue weighted by Gasteiger charge is -2.54. The van der Waals surface area contributed by atoms with E-state index in [1.807, 2.05) is 6.08 Å². The smallest absolute Gasteiger partial charge is 0.155 e. The van der Waals surface area contributed by atoms with Gasteiger partial charge in [-0.05, 0) is 74.7 Å². The van der Waals surface area contributed by atoms with Crippen LogP contribution in [0.5, 0.6) is 0 Å². The molecule has 1 N–H and O–H groups in total. The first-order valence-corrected chi connectivity index (χ1v) is 8.92. The van der Waals surface area contributed by atoms with Crippen molar-refractivity contribution in [3.8, 4) is 12.3 Å². The molecule has 118 valence electrons. The third-order valence-electron chi connectivity index (χ3n) is 7.69. The largest absolute Gasteiger partial charge is 0.377 e. The molecule has 4 rings (SSSR count). The lowest BCUT2D eigenvalue weighted by Crippen LogP contribution is -2.52. The summed E-state index contributed by atoms with van der Waals surface area (Å²) in [6.07, 6.45) is 15.7. The second-order valence-electron chi connectivity index (χ2n) is 8.30. The molecule has 4 aliphatic carbocycles. The molecule has 3 fully saturated rings. The minimum Gasteiger partial charge on any atom is -0.377 e. The summed E-state index contributed by atoms with van der Waals surface area (Å²) < 4.78 is 0. The number of rotatable bonds is 0. The van der Waals surface area contributed by atoms with Crippen LogP contribution in [0, 0.1) is 41.4 Å². The van der Waals surface area contributed by atoms with Crippen molar-refractivity contribution >= 4 is 5.78 Å². The number of carbonyl (C=O) groups is 1. The van der Waals surface area contributed by atoms with Gasteiger partial charge in [-0.15, -0.1) is 6.42 Å². The Balaban J connectivity index is 1.65. The zero-order valence-electron chi connectivity index (χ0n) is 13.5. The minimum atomic E-state index is -0.902. The number of terminal acetylenes is 1. The lowest BCUT2D eigenvalue weighted by molar-refractivity contribution is -0.116. The third-order valence-corrected chi connectivity index (χ3v) is 7.69. The van der Waals surface area contributed by atoms with Gasteiger partial charge in [0, 0.05) is 11.8 Å². The number of hydrogen-bond donors (Lipinski definition) is 1. The molecule has 6 atom stereocenters. The maximum Gasteiger partial charge on any atom is 0.155 e. The van der Waals surface area contributed by atoms with Gasteiger partial charge in [0.2, 0.25) is 0 Å². The summed E-state index contributed by atoms with van der Waals surface area (Å²) in [5.74, 6) is 5.66. The number of hydrogen-bond acceptors (Lipinski definition) is 2. The van der Waals surface area contributed by atoms with E-state index >= 15 is 0 Å². The fraction of sp³-hybridized carbons (Fsp3) is 0.750. The number of fused-ring (bicyclic) bond motifs is 5. The van der Waals surface area contributed by atoms with Crippen LogP contribution in [0.1, 0.15) is 58.3 Å². The second kappa shape index (κ2) is 4.71. The van der Waals surface area contributed by atoms with Crippen LogP contribution >= 0.6 is 0 Å². The standard InChI is InChI=1S/C20H26O2/c1-3-20(22)11-9-18-17-6-4-13-12-14(21)5-7-15(13)16(17)8-10-19(18,20)2/h1,12,15-18,22H,4-11H2,2H3/t15-,16+,17-,18+,19-,20-/m0/s1. The van der Waals surface area contributed by atoms with Crippen LogP contribution in [0.3, 0.4) is 0 Å². The highest BCUT2D eigenvalue weighted by Crippen LogP contribution is 2.64. The molecule has 4 aliphatic rings. The SMILES string of the molecule is C#C[C@]1(O)CC[C@@H]2[C@H]3CCC4=CC(=O)CC[C@@H]4[C@H]3CC[C@@]21C. The molecule has 0 unspecified atom stereocenters. The molecule has 22 heavy (non-hydrogen) atoms. The fourth-order valence-electron chi connectivity index (χ4n) is 6.43. The van der Waals surface area contributed by atoms with Gasteiger partial charge in [0.15, 0.2) is 5.78 Å². The molecular weight excluding hydrogens is 272 g/mol. The average molecular weight is 298 g/mol. The monoisotopic (exact) mass is 298 g/mol. The van der Waals surface area contributed by atoms with E-state index < -0.39 is 5.60 Å². The van der Waals surface area contributed by atoms with Gasteiger partial charge in [0.1, 0.15) is 5.60 Å². The average Bonchev–Trinajstić information content (AvgIpc) is 2.79. The van der Waals surface area contributed by atoms with E-state index in [0.29, 0.717) is 29.5 Å². The minimum absolute atomic E-state index is 0.103. The maximum atomic E-state index is 11.7. The third kappa shape index (κ3) is 1.75. The summed E-state index contributed by atoms with van der Waals surface area (Å²) in [5.41, 5.74) is 0.418. The van der Waals surface area contributed by atoms with Gasteiger partial charge in [-0.1, -0.05) is 18.4 Å². The Labute approximate surface area is 133 Å². The molecule has 0 spiro atoms. The van der Waals surface area contributed by atoms with E-state index in [0.717, 1.165) is 44.9 Å². The van der Waals surface area contributed by atoms with Crippen molar-refractivity contribution in [2.45, 2.75) is 63.9 Å². The highest BCUT2D eigenvalue weighted by molar-refractivity contribution is 5.91. The van der Waals surface area contributed by atoms with Crippen molar-refractivity contribution < 1.29 is 9.90 Å². The van der Waals surface area contributed by atoms with E-state index in [1.165, 1.54) is 12.0 Å². The summed E-state index contributed by atoms with van der Waals surface area (Å²) >= 11 is 0. The van der Waals surface area contributed by atoms with E-state index in [2.05, 4.69) is 12.8 Å².